The summed E-state index contributed by atoms with van der Waals surface area (Å²) >= 11 is 0. The van der Waals surface area contributed by atoms with Crippen molar-refractivity contribution in [1.29, 1.82) is 0 Å². The zero-order valence-corrected chi connectivity index (χ0v) is 13.9. The maximum atomic E-state index is 12.0. The smallest absolute Gasteiger partial charge is 0.254 e. The summed E-state index contributed by atoms with van der Waals surface area (Å²) in [6.45, 7) is 3.50. The van der Waals surface area contributed by atoms with Gasteiger partial charge in [0.2, 0.25) is 5.91 Å². The fourth-order valence-electron chi connectivity index (χ4n) is 2.59. The third kappa shape index (κ3) is 4.84. The minimum absolute atomic E-state index is 0.147. The van der Waals surface area contributed by atoms with Crippen LogP contribution in [-0.2, 0) is 9.53 Å². The number of rotatable bonds is 6. The van der Waals surface area contributed by atoms with Gasteiger partial charge in [-0.1, -0.05) is 0 Å². The van der Waals surface area contributed by atoms with E-state index >= 15 is 0 Å². The number of benzene rings is 1. The number of morpholine rings is 1. The van der Waals surface area contributed by atoms with E-state index in [4.69, 9.17) is 9.15 Å². The number of carbonyl (C=O) groups is 2. The Morgan fingerprint density at radius 1 is 1.08 bits per heavy atom. The number of nitrogens with zero attached hydrogens (tertiary/aromatic N) is 1. The molecule has 7 nitrogen and oxygen atoms in total. The van der Waals surface area contributed by atoms with Crippen LogP contribution in [0.3, 0.4) is 0 Å². The normalized spacial score (nSPS) is 14.2. The van der Waals surface area contributed by atoms with Gasteiger partial charge >= 0.3 is 0 Å². The Balaban J connectivity index is 1.42. The van der Waals surface area contributed by atoms with Crippen LogP contribution in [0.5, 0.6) is 0 Å². The fourth-order valence-corrected chi connectivity index (χ4v) is 2.59. The van der Waals surface area contributed by atoms with Gasteiger partial charge in [0.05, 0.1) is 25.0 Å². The molecule has 2 amide bonds. The minimum atomic E-state index is -0.253. The molecule has 2 N–H and O–H groups in total. The molecule has 7 heteroatoms. The molecule has 0 unspecified atom stereocenters. The summed E-state index contributed by atoms with van der Waals surface area (Å²) in [6.07, 6.45) is 3.00. The second-order valence-electron chi connectivity index (χ2n) is 5.71. The highest BCUT2D eigenvalue weighted by atomic mass is 16.5. The molecule has 2 aromatic rings. The fraction of sp³-hybridized carbons (Fsp3) is 0.333. The Hall–Kier alpha value is -2.80. The molecule has 3 rings (SSSR count). The Morgan fingerprint density at radius 2 is 1.84 bits per heavy atom. The molecule has 25 heavy (non-hydrogen) atoms. The third-order valence-electron chi connectivity index (χ3n) is 3.95. The van der Waals surface area contributed by atoms with E-state index in [9.17, 15) is 9.59 Å². The zero-order valence-electron chi connectivity index (χ0n) is 13.9. The van der Waals surface area contributed by atoms with Gasteiger partial charge < -0.3 is 24.7 Å². The van der Waals surface area contributed by atoms with Crippen LogP contribution in [0.1, 0.15) is 16.8 Å². The lowest BCUT2D eigenvalue weighted by molar-refractivity contribution is -0.116. The summed E-state index contributed by atoms with van der Waals surface area (Å²) < 4.78 is 10.2. The molecule has 1 aromatic heterocycles. The van der Waals surface area contributed by atoms with Crippen LogP contribution in [0, 0.1) is 0 Å². The van der Waals surface area contributed by atoms with E-state index in [1.54, 1.807) is 6.07 Å². The van der Waals surface area contributed by atoms with Crippen LogP contribution in [0.2, 0.25) is 0 Å². The number of carbonyl (C=O) groups excluding carboxylic acids is 2. The first kappa shape index (κ1) is 17.0. The number of hydrogen-bond donors (Lipinski definition) is 2. The summed E-state index contributed by atoms with van der Waals surface area (Å²) in [6, 6.07) is 9.31. The number of furan rings is 1. The lowest BCUT2D eigenvalue weighted by Gasteiger charge is -2.28. The molecule has 0 radical (unpaired) electrons. The average Bonchev–Trinajstić information content (AvgIpc) is 3.18. The Kier molecular flexibility index (Phi) is 5.69. The maximum Gasteiger partial charge on any atom is 0.254 e. The molecular weight excluding hydrogens is 322 g/mol. The number of nitrogens with one attached hydrogen (secondary N) is 2. The van der Waals surface area contributed by atoms with E-state index in [-0.39, 0.29) is 24.8 Å². The second kappa shape index (κ2) is 8.34. The van der Waals surface area contributed by atoms with Crippen molar-refractivity contribution in [2.24, 2.45) is 0 Å². The van der Waals surface area contributed by atoms with Gasteiger partial charge in [-0.2, -0.15) is 0 Å². The first-order chi connectivity index (χ1) is 12.2. The van der Waals surface area contributed by atoms with E-state index in [1.165, 1.54) is 12.5 Å². The molecule has 0 bridgehead atoms. The van der Waals surface area contributed by atoms with Gasteiger partial charge in [-0.05, 0) is 30.3 Å². The summed E-state index contributed by atoms with van der Waals surface area (Å²) in [4.78, 5) is 25.9. The van der Waals surface area contributed by atoms with E-state index in [0.717, 1.165) is 37.7 Å². The maximum absolute atomic E-state index is 12.0. The highest BCUT2D eigenvalue weighted by molar-refractivity contribution is 5.95. The van der Waals surface area contributed by atoms with E-state index < -0.39 is 0 Å². The summed E-state index contributed by atoms with van der Waals surface area (Å²) in [5.74, 6) is -0.400. The van der Waals surface area contributed by atoms with E-state index in [0.29, 0.717) is 5.56 Å². The quantitative estimate of drug-likeness (QED) is 0.837. The molecule has 0 spiro atoms. The molecule has 1 aliphatic rings. The largest absolute Gasteiger partial charge is 0.472 e. The van der Waals surface area contributed by atoms with Crippen LogP contribution in [0.15, 0.2) is 47.3 Å². The van der Waals surface area contributed by atoms with Crippen molar-refractivity contribution in [3.05, 3.63) is 48.4 Å². The van der Waals surface area contributed by atoms with Gasteiger partial charge in [0.15, 0.2) is 0 Å². The van der Waals surface area contributed by atoms with Gasteiger partial charge in [0, 0.05) is 37.4 Å². The molecule has 0 aliphatic carbocycles. The van der Waals surface area contributed by atoms with Gasteiger partial charge in [0.1, 0.15) is 6.26 Å². The highest BCUT2D eigenvalue weighted by Gasteiger charge is 2.11. The molecule has 0 atom stereocenters. The minimum Gasteiger partial charge on any atom is -0.472 e. The van der Waals surface area contributed by atoms with Crippen LogP contribution in [-0.4, -0.2) is 44.7 Å². The molecule has 1 aliphatic heterocycles. The van der Waals surface area contributed by atoms with Crippen molar-refractivity contribution in [1.82, 2.24) is 5.32 Å². The lowest BCUT2D eigenvalue weighted by atomic mass is 10.2. The number of anilines is 2. The Morgan fingerprint density at radius 3 is 2.52 bits per heavy atom. The second-order valence-corrected chi connectivity index (χ2v) is 5.71. The SMILES string of the molecule is O=C(CCNC(=O)c1ccoc1)Nc1ccc(N2CCOCC2)cc1. The zero-order chi connectivity index (χ0) is 17.5. The van der Waals surface area contributed by atoms with E-state index in [2.05, 4.69) is 15.5 Å². The standard InChI is InChI=1S/C18H21N3O4/c22-17(5-7-19-18(23)14-6-10-25-13-14)20-15-1-3-16(4-2-15)21-8-11-24-12-9-21/h1-4,6,10,13H,5,7-9,11-12H2,(H,19,23)(H,20,22). The van der Waals surface area contributed by atoms with Crippen LogP contribution in [0.25, 0.3) is 0 Å². The molecule has 132 valence electrons. The topological polar surface area (TPSA) is 83.8 Å². The van der Waals surface area contributed by atoms with Crippen molar-refractivity contribution in [3.63, 3.8) is 0 Å². The van der Waals surface area contributed by atoms with Crippen molar-refractivity contribution in [2.45, 2.75) is 6.42 Å². The molecule has 2 heterocycles. The summed E-state index contributed by atoms with van der Waals surface area (Å²) in [5, 5.41) is 5.50. The van der Waals surface area contributed by atoms with Crippen molar-refractivity contribution >= 4 is 23.2 Å². The third-order valence-corrected chi connectivity index (χ3v) is 3.95. The summed E-state index contributed by atoms with van der Waals surface area (Å²) in [5.41, 5.74) is 2.30. The van der Waals surface area contributed by atoms with Crippen molar-refractivity contribution in [3.8, 4) is 0 Å². The lowest BCUT2D eigenvalue weighted by Crippen LogP contribution is -2.36. The van der Waals surface area contributed by atoms with Crippen LogP contribution < -0.4 is 15.5 Å². The first-order valence-electron chi connectivity index (χ1n) is 8.25. The van der Waals surface area contributed by atoms with Gasteiger partial charge in [-0.15, -0.1) is 0 Å². The molecule has 0 saturated carbocycles. The number of amides is 2. The summed E-state index contributed by atoms with van der Waals surface area (Å²) in [7, 11) is 0. The van der Waals surface area contributed by atoms with Crippen LogP contribution in [0.4, 0.5) is 11.4 Å². The van der Waals surface area contributed by atoms with Crippen LogP contribution >= 0.6 is 0 Å². The molecular formula is C18H21N3O4. The first-order valence-corrected chi connectivity index (χ1v) is 8.25. The average molecular weight is 343 g/mol. The number of hydrogen-bond acceptors (Lipinski definition) is 5. The predicted octanol–water partition coefficient (Wildman–Crippen LogP) is 1.87. The van der Waals surface area contributed by atoms with Gasteiger partial charge in [-0.25, -0.2) is 0 Å². The molecule has 1 fully saturated rings. The monoisotopic (exact) mass is 343 g/mol. The Bertz CT molecular complexity index is 692. The molecule has 1 saturated heterocycles. The van der Waals surface area contributed by atoms with Gasteiger partial charge in [-0.3, -0.25) is 9.59 Å². The number of ether oxygens (including phenoxy) is 1. The van der Waals surface area contributed by atoms with Crippen molar-refractivity contribution < 1.29 is 18.7 Å². The van der Waals surface area contributed by atoms with E-state index in [1.807, 2.05) is 24.3 Å². The molecule has 1 aromatic carbocycles. The Labute approximate surface area is 145 Å². The predicted molar refractivity (Wildman–Crippen MR) is 93.8 cm³/mol. The van der Waals surface area contributed by atoms with Crippen molar-refractivity contribution in [2.75, 3.05) is 43.1 Å². The van der Waals surface area contributed by atoms with Gasteiger partial charge in [0.25, 0.3) is 5.91 Å². The highest BCUT2D eigenvalue weighted by Crippen LogP contribution is 2.19.